The van der Waals surface area contributed by atoms with Crippen LogP contribution in [0.3, 0.4) is 0 Å². The zero-order chi connectivity index (χ0) is 25.2. The number of hydrogen-bond donors (Lipinski definition) is 2. The predicted molar refractivity (Wildman–Crippen MR) is 122 cm³/mol. The molecule has 10 nitrogen and oxygen atoms in total. The first kappa shape index (κ1) is 22.8. The Morgan fingerprint density at radius 3 is 2.47 bits per heavy atom. The lowest BCUT2D eigenvalue weighted by atomic mass is 10.0. The average molecular weight is 503 g/mol. The monoisotopic (exact) mass is 503 g/mol. The maximum atomic E-state index is 13.4. The number of amides is 3. The molecular formula is C23H24F3N7O3. The molecule has 36 heavy (non-hydrogen) atoms. The average Bonchev–Trinajstić information content (AvgIpc) is 3.75. The summed E-state index contributed by atoms with van der Waals surface area (Å²) in [6, 6.07) is 2.16. The van der Waals surface area contributed by atoms with Crippen molar-refractivity contribution in [3.05, 3.63) is 23.4 Å². The van der Waals surface area contributed by atoms with Gasteiger partial charge in [-0.05, 0) is 31.8 Å². The number of aromatic nitrogens is 3. The lowest BCUT2D eigenvalue weighted by Crippen LogP contribution is -2.53. The molecule has 0 aromatic carbocycles. The van der Waals surface area contributed by atoms with Gasteiger partial charge in [0.05, 0.1) is 12.6 Å². The van der Waals surface area contributed by atoms with Gasteiger partial charge in [0.2, 0.25) is 11.8 Å². The summed E-state index contributed by atoms with van der Waals surface area (Å²) in [6.45, 7) is 1.03. The third-order valence-electron chi connectivity index (χ3n) is 7.23. The Labute approximate surface area is 203 Å². The molecule has 2 saturated carbocycles. The molecule has 2 saturated heterocycles. The summed E-state index contributed by atoms with van der Waals surface area (Å²) >= 11 is 0. The number of fused-ring (bicyclic) bond motifs is 1. The molecule has 3 amide bonds. The number of alkyl halides is 3. The normalized spacial score (nSPS) is 22.9. The number of hydrogen-bond acceptors (Lipinski definition) is 7. The van der Waals surface area contributed by atoms with Gasteiger partial charge in [0.25, 0.3) is 5.91 Å². The summed E-state index contributed by atoms with van der Waals surface area (Å²) in [5, 5.41) is 10.1. The summed E-state index contributed by atoms with van der Waals surface area (Å²) < 4.78 is 41.9. The van der Waals surface area contributed by atoms with E-state index in [2.05, 4.69) is 15.7 Å². The van der Waals surface area contributed by atoms with Crippen molar-refractivity contribution in [3.63, 3.8) is 0 Å². The van der Waals surface area contributed by atoms with Gasteiger partial charge in [-0.15, -0.1) is 0 Å². The first-order valence-electron chi connectivity index (χ1n) is 12.0. The summed E-state index contributed by atoms with van der Waals surface area (Å²) in [6.07, 6.45) is 0.408. The van der Waals surface area contributed by atoms with Gasteiger partial charge in [-0.3, -0.25) is 19.7 Å². The van der Waals surface area contributed by atoms with Crippen molar-refractivity contribution < 1.29 is 27.6 Å². The van der Waals surface area contributed by atoms with Gasteiger partial charge in [-0.25, -0.2) is 4.98 Å². The van der Waals surface area contributed by atoms with Crippen LogP contribution >= 0.6 is 0 Å². The molecule has 0 bridgehead atoms. The van der Waals surface area contributed by atoms with E-state index >= 15 is 0 Å². The van der Waals surface area contributed by atoms with Crippen LogP contribution in [-0.2, 0) is 14.4 Å². The molecule has 2 N–H and O–H groups in total. The number of imide groups is 1. The standard InChI is InChI=1S/C23H24F3N7O3/c24-23(25,26)22(3-4-22)21(36)32-7-5-31(6-8-32)16-11-17(28-15-1-2-15)33-19(29-16)14(12-27-33)9-13-10-18(34)30-20(13)35/h9,11-12,15,28H,1-8,10H2,(H,30,34,35)/b13-9+. The Bertz CT molecular complexity index is 1300. The van der Waals surface area contributed by atoms with Crippen molar-refractivity contribution in [2.75, 3.05) is 36.4 Å². The van der Waals surface area contributed by atoms with Gasteiger partial charge in [-0.2, -0.15) is 22.8 Å². The van der Waals surface area contributed by atoms with Gasteiger partial charge in [0.15, 0.2) is 5.65 Å². The Morgan fingerprint density at radius 1 is 1.17 bits per heavy atom. The number of nitrogens with zero attached hydrogens (tertiary/aromatic N) is 5. The highest BCUT2D eigenvalue weighted by Gasteiger charge is 2.69. The number of rotatable bonds is 5. The Morgan fingerprint density at radius 2 is 1.89 bits per heavy atom. The molecule has 2 aliphatic carbocycles. The van der Waals surface area contributed by atoms with E-state index in [0.717, 1.165) is 12.8 Å². The smallest absolute Gasteiger partial charge is 0.367 e. The number of carbonyl (C=O) groups excluding carboxylic acids is 3. The molecule has 6 rings (SSSR count). The van der Waals surface area contributed by atoms with Crippen molar-refractivity contribution in [3.8, 4) is 0 Å². The minimum absolute atomic E-state index is 0.0154. The Hall–Kier alpha value is -3.64. The molecule has 2 aliphatic heterocycles. The van der Waals surface area contributed by atoms with E-state index in [4.69, 9.17) is 4.98 Å². The van der Waals surface area contributed by atoms with Crippen molar-refractivity contribution in [1.29, 1.82) is 0 Å². The van der Waals surface area contributed by atoms with Crippen LogP contribution in [0.2, 0.25) is 0 Å². The fourth-order valence-electron chi connectivity index (χ4n) is 4.76. The molecule has 2 aromatic heterocycles. The summed E-state index contributed by atoms with van der Waals surface area (Å²) in [4.78, 5) is 44.2. The van der Waals surface area contributed by atoms with Gasteiger partial charge < -0.3 is 15.1 Å². The minimum Gasteiger partial charge on any atom is -0.367 e. The van der Waals surface area contributed by atoms with Crippen LogP contribution < -0.4 is 15.5 Å². The van der Waals surface area contributed by atoms with Crippen molar-refractivity contribution >= 4 is 41.1 Å². The molecule has 0 radical (unpaired) electrons. The Balaban J connectivity index is 1.27. The zero-order valence-electron chi connectivity index (χ0n) is 19.3. The molecule has 190 valence electrons. The first-order valence-corrected chi connectivity index (χ1v) is 12.0. The second-order valence-electron chi connectivity index (χ2n) is 9.84. The van der Waals surface area contributed by atoms with Gasteiger partial charge in [-0.1, -0.05) is 0 Å². The first-order chi connectivity index (χ1) is 17.1. The number of piperazine rings is 1. The zero-order valence-corrected chi connectivity index (χ0v) is 19.3. The van der Waals surface area contributed by atoms with E-state index in [1.54, 1.807) is 16.8 Å². The lowest BCUT2D eigenvalue weighted by molar-refractivity contribution is -0.198. The van der Waals surface area contributed by atoms with E-state index in [1.165, 1.54) is 4.90 Å². The SMILES string of the molecule is O=C1C/C(=C\c2cnn3c(NC4CC4)cc(N4CCN(C(=O)C5(C(F)(F)F)CC5)CC4)nc23)C(=O)N1. The molecule has 2 aromatic rings. The van der Waals surface area contributed by atoms with E-state index < -0.39 is 23.4 Å². The largest absolute Gasteiger partial charge is 0.403 e. The number of halogens is 3. The van der Waals surface area contributed by atoms with Crippen molar-refractivity contribution in [2.45, 2.75) is 44.3 Å². The third kappa shape index (κ3) is 3.86. The van der Waals surface area contributed by atoms with Crippen LogP contribution in [0.4, 0.5) is 24.8 Å². The van der Waals surface area contributed by atoms with Crippen molar-refractivity contribution in [2.24, 2.45) is 5.41 Å². The maximum absolute atomic E-state index is 13.4. The number of anilines is 2. The second-order valence-corrected chi connectivity index (χ2v) is 9.84. The maximum Gasteiger partial charge on any atom is 0.403 e. The molecule has 13 heteroatoms. The lowest BCUT2D eigenvalue weighted by Gasteiger charge is -2.37. The van der Waals surface area contributed by atoms with Gasteiger partial charge in [0, 0.05) is 49.4 Å². The van der Waals surface area contributed by atoms with E-state index in [1.807, 2.05) is 11.0 Å². The van der Waals surface area contributed by atoms with E-state index in [9.17, 15) is 27.6 Å². The fraction of sp³-hybridized carbons (Fsp3) is 0.522. The van der Waals surface area contributed by atoms with Crippen LogP contribution in [0.5, 0.6) is 0 Å². The highest BCUT2D eigenvalue weighted by molar-refractivity contribution is 6.15. The minimum atomic E-state index is -4.52. The van der Waals surface area contributed by atoms with Gasteiger partial charge in [0.1, 0.15) is 17.1 Å². The molecule has 4 heterocycles. The van der Waals surface area contributed by atoms with Crippen LogP contribution in [0.25, 0.3) is 11.7 Å². The summed E-state index contributed by atoms with van der Waals surface area (Å²) in [5.41, 5.74) is -0.820. The Kier molecular flexibility index (Phi) is 5.02. The van der Waals surface area contributed by atoms with Gasteiger partial charge >= 0.3 is 6.18 Å². The van der Waals surface area contributed by atoms with E-state index in [0.29, 0.717) is 47.6 Å². The van der Waals surface area contributed by atoms with Crippen LogP contribution in [-0.4, -0.2) is 75.6 Å². The quantitative estimate of drug-likeness (QED) is 0.472. The summed E-state index contributed by atoms with van der Waals surface area (Å²) in [5.74, 6) is -0.329. The second kappa shape index (κ2) is 7.93. The number of nitrogens with one attached hydrogen (secondary N) is 2. The topological polar surface area (TPSA) is 112 Å². The van der Waals surface area contributed by atoms with Crippen LogP contribution in [0, 0.1) is 5.41 Å². The summed E-state index contributed by atoms with van der Waals surface area (Å²) in [7, 11) is 0. The molecule has 4 fully saturated rings. The highest BCUT2D eigenvalue weighted by Crippen LogP contribution is 2.58. The fourth-order valence-corrected chi connectivity index (χ4v) is 4.76. The molecule has 4 aliphatic rings. The molecular weight excluding hydrogens is 479 g/mol. The van der Waals surface area contributed by atoms with Crippen LogP contribution in [0.1, 0.15) is 37.7 Å². The molecule has 0 atom stereocenters. The number of carbonyl (C=O) groups is 3. The van der Waals surface area contributed by atoms with E-state index in [-0.39, 0.29) is 38.3 Å². The highest BCUT2D eigenvalue weighted by atomic mass is 19.4. The van der Waals surface area contributed by atoms with Crippen molar-refractivity contribution in [1.82, 2.24) is 24.8 Å². The molecule has 0 spiro atoms. The predicted octanol–water partition coefficient (Wildman–Crippen LogP) is 1.72. The van der Waals surface area contributed by atoms with Crippen LogP contribution in [0.15, 0.2) is 17.8 Å². The molecule has 0 unspecified atom stereocenters. The third-order valence-corrected chi connectivity index (χ3v) is 7.23.